The standard InChI is InChI=1S/C10H16N2O2S2/c1-10(2)5-8(10)12-16(13,14)9-4-3-7(6-11)15-9/h3-4,8,12H,5-6,11H2,1-2H3. The third-order valence-corrected chi connectivity index (χ3v) is 5.98. The van der Waals surface area contributed by atoms with Gasteiger partial charge in [0.05, 0.1) is 0 Å². The van der Waals surface area contributed by atoms with Gasteiger partial charge in [-0.15, -0.1) is 11.3 Å². The van der Waals surface area contributed by atoms with Crippen molar-refractivity contribution in [3.63, 3.8) is 0 Å². The average molecular weight is 260 g/mol. The van der Waals surface area contributed by atoms with Crippen molar-refractivity contribution in [3.05, 3.63) is 17.0 Å². The minimum Gasteiger partial charge on any atom is -0.326 e. The van der Waals surface area contributed by atoms with E-state index in [0.29, 0.717) is 10.8 Å². The number of nitrogens with two attached hydrogens (primary N) is 1. The zero-order valence-corrected chi connectivity index (χ0v) is 11.0. The van der Waals surface area contributed by atoms with Crippen LogP contribution in [0.15, 0.2) is 16.3 Å². The van der Waals surface area contributed by atoms with Gasteiger partial charge in [-0.2, -0.15) is 0 Å². The molecule has 90 valence electrons. The summed E-state index contributed by atoms with van der Waals surface area (Å²) in [5.41, 5.74) is 5.56. The second-order valence-electron chi connectivity index (χ2n) is 4.79. The molecular weight excluding hydrogens is 244 g/mol. The van der Waals surface area contributed by atoms with Crippen LogP contribution in [0, 0.1) is 5.41 Å². The molecule has 0 bridgehead atoms. The fraction of sp³-hybridized carbons (Fsp3) is 0.600. The Bertz CT molecular complexity index is 491. The summed E-state index contributed by atoms with van der Waals surface area (Å²) in [7, 11) is -3.34. The Morgan fingerprint density at radius 2 is 2.19 bits per heavy atom. The van der Waals surface area contributed by atoms with E-state index in [1.54, 1.807) is 12.1 Å². The molecule has 1 aliphatic carbocycles. The third kappa shape index (κ3) is 2.29. The summed E-state index contributed by atoms with van der Waals surface area (Å²) >= 11 is 1.23. The normalized spacial score (nSPS) is 23.3. The summed E-state index contributed by atoms with van der Waals surface area (Å²) < 4.78 is 27.0. The molecule has 0 amide bonds. The van der Waals surface area contributed by atoms with E-state index in [0.717, 1.165) is 11.3 Å². The largest absolute Gasteiger partial charge is 0.326 e. The number of hydrogen-bond acceptors (Lipinski definition) is 4. The lowest BCUT2D eigenvalue weighted by atomic mass is 10.2. The summed E-state index contributed by atoms with van der Waals surface area (Å²) in [5, 5.41) is 0. The van der Waals surface area contributed by atoms with Crippen molar-refractivity contribution in [3.8, 4) is 0 Å². The summed E-state index contributed by atoms with van der Waals surface area (Å²) in [4.78, 5) is 0.885. The van der Waals surface area contributed by atoms with Crippen molar-refractivity contribution < 1.29 is 8.42 Å². The SMILES string of the molecule is CC1(C)CC1NS(=O)(=O)c1ccc(CN)s1. The maximum atomic E-state index is 12.0. The van der Waals surface area contributed by atoms with E-state index in [-0.39, 0.29) is 11.5 Å². The van der Waals surface area contributed by atoms with E-state index < -0.39 is 10.0 Å². The van der Waals surface area contributed by atoms with E-state index in [1.807, 2.05) is 0 Å². The molecule has 4 nitrogen and oxygen atoms in total. The quantitative estimate of drug-likeness (QED) is 0.856. The highest BCUT2D eigenvalue weighted by Crippen LogP contribution is 2.45. The Hall–Kier alpha value is -0.430. The van der Waals surface area contributed by atoms with Crippen LogP contribution >= 0.6 is 11.3 Å². The molecule has 6 heteroatoms. The lowest BCUT2D eigenvalue weighted by Gasteiger charge is -2.05. The van der Waals surface area contributed by atoms with Crippen LogP contribution in [0.1, 0.15) is 25.1 Å². The van der Waals surface area contributed by atoms with Crippen LogP contribution in [0.5, 0.6) is 0 Å². The van der Waals surface area contributed by atoms with E-state index in [4.69, 9.17) is 5.73 Å². The average Bonchev–Trinajstić information content (AvgIpc) is 2.68. The van der Waals surface area contributed by atoms with Gasteiger partial charge in [-0.1, -0.05) is 13.8 Å². The van der Waals surface area contributed by atoms with Crippen LogP contribution in [-0.2, 0) is 16.6 Å². The highest BCUT2D eigenvalue weighted by Gasteiger charge is 2.48. The second-order valence-corrected chi connectivity index (χ2v) is 7.90. The van der Waals surface area contributed by atoms with Gasteiger partial charge in [-0.3, -0.25) is 0 Å². The number of sulfonamides is 1. The van der Waals surface area contributed by atoms with E-state index in [2.05, 4.69) is 18.6 Å². The van der Waals surface area contributed by atoms with Crippen molar-refractivity contribution >= 4 is 21.4 Å². The van der Waals surface area contributed by atoms with Gasteiger partial charge in [0.25, 0.3) is 0 Å². The topological polar surface area (TPSA) is 72.2 Å². The zero-order valence-electron chi connectivity index (χ0n) is 9.36. The molecule has 1 heterocycles. The van der Waals surface area contributed by atoms with Crippen LogP contribution in [0.4, 0.5) is 0 Å². The van der Waals surface area contributed by atoms with Crippen LogP contribution in [0.3, 0.4) is 0 Å². The number of nitrogens with one attached hydrogen (secondary N) is 1. The Labute approximate surface area is 99.9 Å². The number of rotatable bonds is 4. The molecule has 0 spiro atoms. The zero-order chi connectivity index (χ0) is 12.0. The highest BCUT2D eigenvalue weighted by molar-refractivity contribution is 7.91. The van der Waals surface area contributed by atoms with Gasteiger partial charge in [0.2, 0.25) is 10.0 Å². The molecule has 1 aliphatic rings. The van der Waals surface area contributed by atoms with Crippen LogP contribution < -0.4 is 10.5 Å². The van der Waals surface area contributed by atoms with Crippen LogP contribution in [-0.4, -0.2) is 14.5 Å². The summed E-state index contributed by atoms with van der Waals surface area (Å²) in [6, 6.07) is 3.45. The van der Waals surface area contributed by atoms with Crippen molar-refractivity contribution in [1.82, 2.24) is 4.72 Å². The molecule has 1 aromatic rings. The molecule has 0 aliphatic heterocycles. The predicted molar refractivity (Wildman–Crippen MR) is 64.7 cm³/mol. The fourth-order valence-corrected chi connectivity index (χ4v) is 4.18. The number of thiophene rings is 1. The molecule has 1 atom stereocenters. The van der Waals surface area contributed by atoms with Crippen molar-refractivity contribution in [2.75, 3.05) is 0 Å². The maximum absolute atomic E-state index is 12.0. The first-order chi connectivity index (χ1) is 7.35. The molecule has 0 aromatic carbocycles. The first-order valence-corrected chi connectivity index (χ1v) is 7.46. The maximum Gasteiger partial charge on any atom is 0.250 e. The first kappa shape index (κ1) is 12.0. The van der Waals surface area contributed by atoms with E-state index in [1.165, 1.54) is 11.3 Å². The van der Waals surface area contributed by atoms with Crippen molar-refractivity contribution in [2.24, 2.45) is 11.1 Å². The monoisotopic (exact) mass is 260 g/mol. The van der Waals surface area contributed by atoms with Gasteiger partial charge in [0.15, 0.2) is 0 Å². The Morgan fingerprint density at radius 3 is 2.62 bits per heavy atom. The van der Waals surface area contributed by atoms with Gasteiger partial charge in [0.1, 0.15) is 4.21 Å². The van der Waals surface area contributed by atoms with Crippen molar-refractivity contribution in [1.29, 1.82) is 0 Å². The lowest BCUT2D eigenvalue weighted by Crippen LogP contribution is -2.27. The summed E-state index contributed by atoms with van der Waals surface area (Å²) in [6.45, 7) is 4.49. The highest BCUT2D eigenvalue weighted by atomic mass is 32.2. The Morgan fingerprint density at radius 1 is 1.56 bits per heavy atom. The molecule has 1 unspecified atom stereocenters. The van der Waals surface area contributed by atoms with Crippen LogP contribution in [0.2, 0.25) is 0 Å². The predicted octanol–water partition coefficient (Wildman–Crippen LogP) is 1.28. The molecule has 16 heavy (non-hydrogen) atoms. The molecule has 1 fully saturated rings. The molecule has 3 N–H and O–H groups in total. The van der Waals surface area contributed by atoms with Gasteiger partial charge >= 0.3 is 0 Å². The minimum atomic E-state index is -3.34. The van der Waals surface area contributed by atoms with Gasteiger partial charge in [0, 0.05) is 17.5 Å². The summed E-state index contributed by atoms with van der Waals surface area (Å²) in [5.74, 6) is 0. The smallest absolute Gasteiger partial charge is 0.250 e. The molecule has 1 aromatic heterocycles. The van der Waals surface area contributed by atoms with Crippen LogP contribution in [0.25, 0.3) is 0 Å². The molecular formula is C10H16N2O2S2. The third-order valence-electron chi connectivity index (χ3n) is 2.91. The van der Waals surface area contributed by atoms with E-state index >= 15 is 0 Å². The molecule has 2 rings (SSSR count). The molecule has 0 saturated heterocycles. The van der Waals surface area contributed by atoms with Crippen molar-refractivity contribution in [2.45, 2.75) is 37.1 Å². The fourth-order valence-electron chi connectivity index (χ4n) is 1.53. The van der Waals surface area contributed by atoms with Gasteiger partial charge < -0.3 is 5.73 Å². The minimum absolute atomic E-state index is 0.0703. The molecule has 1 saturated carbocycles. The van der Waals surface area contributed by atoms with E-state index in [9.17, 15) is 8.42 Å². The first-order valence-electron chi connectivity index (χ1n) is 5.16. The van der Waals surface area contributed by atoms with Gasteiger partial charge in [-0.25, -0.2) is 13.1 Å². The lowest BCUT2D eigenvalue weighted by molar-refractivity contribution is 0.556. The molecule has 0 radical (unpaired) electrons. The summed E-state index contributed by atoms with van der Waals surface area (Å²) in [6.07, 6.45) is 0.904. The Balaban J connectivity index is 2.13. The number of hydrogen-bond donors (Lipinski definition) is 2. The van der Waals surface area contributed by atoms with Gasteiger partial charge in [-0.05, 0) is 24.0 Å². The Kier molecular flexibility index (Phi) is 2.86. The second kappa shape index (κ2) is 3.80.